The lowest BCUT2D eigenvalue weighted by Gasteiger charge is -2.42. The molecule has 0 radical (unpaired) electrons. The van der Waals surface area contributed by atoms with Crippen LogP contribution in [0, 0.1) is 11.8 Å². The molecular formula is C18H20N2O4S. The average Bonchev–Trinajstić information content (AvgIpc) is 2.79. The molecule has 2 unspecified atom stereocenters. The summed E-state index contributed by atoms with van der Waals surface area (Å²) in [6.07, 6.45) is 5.11. The van der Waals surface area contributed by atoms with Crippen LogP contribution < -0.4 is 0 Å². The van der Waals surface area contributed by atoms with E-state index in [1.165, 1.54) is 9.21 Å². The zero-order chi connectivity index (χ0) is 17.6. The smallest absolute Gasteiger partial charge is 0.233 e. The van der Waals surface area contributed by atoms with Crippen molar-refractivity contribution in [3.05, 3.63) is 48.0 Å². The number of benzene rings is 1. The molecule has 132 valence electrons. The van der Waals surface area contributed by atoms with E-state index in [4.69, 9.17) is 0 Å². The van der Waals surface area contributed by atoms with Gasteiger partial charge in [0, 0.05) is 13.1 Å². The zero-order valence-corrected chi connectivity index (χ0v) is 14.6. The van der Waals surface area contributed by atoms with Gasteiger partial charge in [-0.1, -0.05) is 42.5 Å². The molecule has 0 aromatic heterocycles. The summed E-state index contributed by atoms with van der Waals surface area (Å²) in [4.78, 5) is 26.4. The quantitative estimate of drug-likeness (QED) is 0.596. The van der Waals surface area contributed by atoms with E-state index in [0.29, 0.717) is 12.8 Å². The van der Waals surface area contributed by atoms with E-state index >= 15 is 0 Å². The first kappa shape index (κ1) is 16.5. The molecule has 0 bridgehead atoms. The second kappa shape index (κ2) is 6.07. The molecule has 25 heavy (non-hydrogen) atoms. The lowest BCUT2D eigenvalue weighted by Crippen LogP contribution is -2.62. The Morgan fingerprint density at radius 2 is 1.48 bits per heavy atom. The molecule has 4 rings (SSSR count). The first-order valence-electron chi connectivity index (χ1n) is 8.51. The van der Waals surface area contributed by atoms with Crippen molar-refractivity contribution in [1.29, 1.82) is 0 Å². The minimum Gasteiger partial charge on any atom is -0.276 e. The van der Waals surface area contributed by atoms with Gasteiger partial charge in [0.05, 0.1) is 23.6 Å². The summed E-state index contributed by atoms with van der Waals surface area (Å²) in [5.74, 6) is -0.841. The van der Waals surface area contributed by atoms with Crippen LogP contribution in [0.3, 0.4) is 0 Å². The van der Waals surface area contributed by atoms with Crippen molar-refractivity contribution in [2.24, 2.45) is 11.8 Å². The molecule has 2 aliphatic heterocycles. The fourth-order valence-electron chi connectivity index (χ4n) is 3.87. The number of amides is 2. The van der Waals surface area contributed by atoms with E-state index in [1.807, 2.05) is 18.2 Å². The fourth-order valence-corrected chi connectivity index (χ4v) is 5.46. The van der Waals surface area contributed by atoms with Crippen molar-refractivity contribution >= 4 is 21.8 Å². The van der Waals surface area contributed by atoms with Crippen LogP contribution in [0.25, 0.3) is 0 Å². The number of imide groups is 1. The maximum Gasteiger partial charge on any atom is 0.233 e. The third kappa shape index (κ3) is 2.81. The SMILES string of the molecule is O=C1C2CC=CCC2C(=O)N1C1CN(S(=O)(=O)Cc2ccccc2)C1. The molecule has 1 aromatic carbocycles. The Morgan fingerprint density at radius 3 is 2.04 bits per heavy atom. The third-order valence-electron chi connectivity index (χ3n) is 5.32. The van der Waals surface area contributed by atoms with Crippen molar-refractivity contribution in [1.82, 2.24) is 9.21 Å². The van der Waals surface area contributed by atoms with Crippen LogP contribution in [0.5, 0.6) is 0 Å². The molecule has 1 aromatic rings. The van der Waals surface area contributed by atoms with Gasteiger partial charge in [-0.3, -0.25) is 14.5 Å². The zero-order valence-electron chi connectivity index (χ0n) is 13.7. The van der Waals surface area contributed by atoms with Gasteiger partial charge in [0.2, 0.25) is 21.8 Å². The highest BCUT2D eigenvalue weighted by atomic mass is 32.2. The Bertz CT molecular complexity index is 802. The highest BCUT2D eigenvalue weighted by Gasteiger charge is 2.53. The molecule has 0 saturated carbocycles. The Morgan fingerprint density at radius 1 is 0.920 bits per heavy atom. The largest absolute Gasteiger partial charge is 0.276 e. The summed E-state index contributed by atoms with van der Waals surface area (Å²) in [6.45, 7) is 0.416. The van der Waals surface area contributed by atoms with Crippen LogP contribution in [-0.4, -0.2) is 48.6 Å². The van der Waals surface area contributed by atoms with Gasteiger partial charge in [0.15, 0.2) is 0 Å². The van der Waals surface area contributed by atoms with Crippen LogP contribution in [0.1, 0.15) is 18.4 Å². The van der Waals surface area contributed by atoms with E-state index in [-0.39, 0.29) is 48.5 Å². The number of allylic oxidation sites excluding steroid dienone is 2. The van der Waals surface area contributed by atoms with E-state index in [0.717, 1.165) is 5.56 Å². The van der Waals surface area contributed by atoms with E-state index < -0.39 is 10.0 Å². The van der Waals surface area contributed by atoms with Gasteiger partial charge in [0.25, 0.3) is 0 Å². The minimum absolute atomic E-state index is 0.0579. The van der Waals surface area contributed by atoms with Crippen molar-refractivity contribution in [3.8, 4) is 0 Å². The minimum atomic E-state index is -3.43. The second-order valence-corrected chi connectivity index (χ2v) is 8.88. The van der Waals surface area contributed by atoms with Crippen LogP contribution in [0.2, 0.25) is 0 Å². The average molecular weight is 360 g/mol. The number of hydrogen-bond donors (Lipinski definition) is 0. The van der Waals surface area contributed by atoms with E-state index in [2.05, 4.69) is 0 Å². The van der Waals surface area contributed by atoms with Gasteiger partial charge in [-0.25, -0.2) is 8.42 Å². The molecule has 0 spiro atoms. The third-order valence-corrected chi connectivity index (χ3v) is 7.10. The van der Waals surface area contributed by atoms with E-state index in [1.54, 1.807) is 24.3 Å². The number of fused-ring (bicyclic) bond motifs is 1. The highest BCUT2D eigenvalue weighted by molar-refractivity contribution is 7.88. The van der Waals surface area contributed by atoms with Crippen molar-refractivity contribution in [3.63, 3.8) is 0 Å². The predicted molar refractivity (Wildman–Crippen MR) is 91.6 cm³/mol. The summed E-state index contributed by atoms with van der Waals surface area (Å²) in [5, 5.41) is 0. The fraction of sp³-hybridized carbons (Fsp3) is 0.444. The van der Waals surface area contributed by atoms with Crippen molar-refractivity contribution in [2.45, 2.75) is 24.6 Å². The van der Waals surface area contributed by atoms with Gasteiger partial charge in [-0.05, 0) is 18.4 Å². The van der Waals surface area contributed by atoms with Gasteiger partial charge in [0.1, 0.15) is 0 Å². The van der Waals surface area contributed by atoms with Gasteiger partial charge < -0.3 is 0 Å². The number of likely N-dealkylation sites (tertiary alicyclic amines) is 1. The number of carbonyl (C=O) groups is 2. The Hall–Kier alpha value is -1.99. The Balaban J connectivity index is 1.42. The number of carbonyl (C=O) groups excluding carboxylic acids is 2. The molecule has 6 nitrogen and oxygen atoms in total. The van der Waals surface area contributed by atoms with Crippen LogP contribution in [0.4, 0.5) is 0 Å². The molecule has 1 aliphatic carbocycles. The molecule has 3 aliphatic rings. The maximum atomic E-state index is 12.5. The lowest BCUT2D eigenvalue weighted by molar-refractivity contribution is -0.145. The molecule has 7 heteroatoms. The molecular weight excluding hydrogens is 340 g/mol. The van der Waals surface area contributed by atoms with Gasteiger partial charge in [-0.2, -0.15) is 4.31 Å². The maximum absolute atomic E-state index is 12.5. The molecule has 2 fully saturated rings. The summed E-state index contributed by atoms with van der Waals surface area (Å²) in [6, 6.07) is 8.69. The summed E-state index contributed by atoms with van der Waals surface area (Å²) < 4.78 is 26.3. The first-order chi connectivity index (χ1) is 12.0. The van der Waals surface area contributed by atoms with Crippen molar-refractivity contribution < 1.29 is 18.0 Å². The molecule has 2 amide bonds. The first-order valence-corrected chi connectivity index (χ1v) is 10.1. The number of hydrogen-bond acceptors (Lipinski definition) is 4. The van der Waals surface area contributed by atoms with Crippen LogP contribution >= 0.6 is 0 Å². The van der Waals surface area contributed by atoms with Crippen molar-refractivity contribution in [2.75, 3.05) is 13.1 Å². The van der Waals surface area contributed by atoms with E-state index in [9.17, 15) is 18.0 Å². The normalized spacial score (nSPS) is 27.4. The molecule has 2 heterocycles. The van der Waals surface area contributed by atoms with Crippen LogP contribution in [0.15, 0.2) is 42.5 Å². The molecule has 2 atom stereocenters. The molecule has 0 N–H and O–H groups in total. The number of sulfonamides is 1. The van der Waals surface area contributed by atoms with Gasteiger partial charge in [-0.15, -0.1) is 0 Å². The molecule has 2 saturated heterocycles. The number of nitrogens with zero attached hydrogens (tertiary/aromatic N) is 2. The standard InChI is InChI=1S/C18H20N2O4S/c21-17-15-8-4-5-9-16(15)18(22)20(17)14-10-19(11-14)25(23,24)12-13-6-2-1-3-7-13/h1-7,14-16H,8-12H2. The monoisotopic (exact) mass is 360 g/mol. The number of rotatable bonds is 4. The lowest BCUT2D eigenvalue weighted by atomic mass is 9.85. The Labute approximate surface area is 147 Å². The Kier molecular flexibility index (Phi) is 4.00. The summed E-state index contributed by atoms with van der Waals surface area (Å²) >= 11 is 0. The second-order valence-electron chi connectivity index (χ2n) is 6.91. The topological polar surface area (TPSA) is 74.8 Å². The highest BCUT2D eigenvalue weighted by Crippen LogP contribution is 2.37. The van der Waals surface area contributed by atoms with Gasteiger partial charge >= 0.3 is 0 Å². The van der Waals surface area contributed by atoms with Crippen LogP contribution in [-0.2, 0) is 25.4 Å². The predicted octanol–water partition coefficient (Wildman–Crippen LogP) is 1.15. The summed E-state index contributed by atoms with van der Waals surface area (Å²) in [7, 11) is -3.43. The summed E-state index contributed by atoms with van der Waals surface area (Å²) in [5.41, 5.74) is 0.733.